The summed E-state index contributed by atoms with van der Waals surface area (Å²) in [5.74, 6) is -0.635. The Morgan fingerprint density at radius 1 is 1.47 bits per heavy atom. The number of benzene rings is 1. The number of nitrogens with one attached hydrogen (secondary N) is 1. The Kier molecular flexibility index (Phi) is 3.75. The summed E-state index contributed by atoms with van der Waals surface area (Å²) in [6.07, 6.45) is 0. The van der Waals surface area contributed by atoms with Crippen molar-refractivity contribution >= 4 is 40.2 Å². The molecule has 0 aliphatic carbocycles. The second-order valence-electron chi connectivity index (χ2n) is 4.16. The van der Waals surface area contributed by atoms with Crippen LogP contribution in [0.5, 0.6) is 0 Å². The standard InChI is InChI=1S/C12H13N3O3S/c1-7-4-8(13)2-3-9(7)14-10(16)5-15-11(17)6-19-12(15)18/h2-4H,5-6,13H2,1H3,(H,14,16). The molecule has 0 radical (unpaired) electrons. The molecule has 0 aromatic heterocycles. The smallest absolute Gasteiger partial charge is 0.289 e. The molecule has 1 aliphatic heterocycles. The lowest BCUT2D eigenvalue weighted by Crippen LogP contribution is -2.36. The zero-order valence-electron chi connectivity index (χ0n) is 10.3. The van der Waals surface area contributed by atoms with Crippen molar-refractivity contribution in [3.05, 3.63) is 23.8 Å². The topological polar surface area (TPSA) is 92.5 Å². The van der Waals surface area contributed by atoms with Gasteiger partial charge in [-0.2, -0.15) is 0 Å². The molecule has 7 heteroatoms. The molecule has 0 unspecified atom stereocenters. The van der Waals surface area contributed by atoms with E-state index in [1.54, 1.807) is 18.2 Å². The monoisotopic (exact) mass is 279 g/mol. The van der Waals surface area contributed by atoms with Crippen LogP contribution in [0.4, 0.5) is 16.2 Å². The summed E-state index contributed by atoms with van der Waals surface area (Å²) in [5.41, 5.74) is 7.66. The van der Waals surface area contributed by atoms with Gasteiger partial charge in [0.2, 0.25) is 11.8 Å². The van der Waals surface area contributed by atoms with Crippen LogP contribution in [0, 0.1) is 6.92 Å². The third kappa shape index (κ3) is 3.05. The van der Waals surface area contributed by atoms with E-state index in [2.05, 4.69) is 5.32 Å². The predicted molar refractivity (Wildman–Crippen MR) is 73.8 cm³/mol. The van der Waals surface area contributed by atoms with Crippen LogP contribution in [0.2, 0.25) is 0 Å². The maximum Gasteiger partial charge on any atom is 0.289 e. The average molecular weight is 279 g/mol. The van der Waals surface area contributed by atoms with Crippen molar-refractivity contribution in [2.75, 3.05) is 23.3 Å². The van der Waals surface area contributed by atoms with Gasteiger partial charge in [-0.05, 0) is 30.7 Å². The van der Waals surface area contributed by atoms with E-state index >= 15 is 0 Å². The van der Waals surface area contributed by atoms with Crippen LogP contribution in [-0.4, -0.2) is 34.3 Å². The summed E-state index contributed by atoms with van der Waals surface area (Å²) in [7, 11) is 0. The number of carbonyl (C=O) groups is 3. The molecule has 0 atom stereocenters. The van der Waals surface area contributed by atoms with E-state index in [0.29, 0.717) is 11.4 Å². The van der Waals surface area contributed by atoms with Gasteiger partial charge in [0.15, 0.2) is 0 Å². The highest BCUT2D eigenvalue weighted by Gasteiger charge is 2.31. The van der Waals surface area contributed by atoms with Gasteiger partial charge in [0.1, 0.15) is 6.54 Å². The number of imide groups is 1. The Morgan fingerprint density at radius 2 is 2.21 bits per heavy atom. The fourth-order valence-corrected chi connectivity index (χ4v) is 2.42. The van der Waals surface area contributed by atoms with E-state index in [-0.39, 0.29) is 23.4 Å². The number of hydrogen-bond acceptors (Lipinski definition) is 5. The van der Waals surface area contributed by atoms with E-state index < -0.39 is 5.91 Å². The molecule has 1 fully saturated rings. The molecule has 19 heavy (non-hydrogen) atoms. The molecule has 100 valence electrons. The van der Waals surface area contributed by atoms with Crippen molar-refractivity contribution in [1.82, 2.24) is 4.90 Å². The van der Waals surface area contributed by atoms with Crippen LogP contribution < -0.4 is 11.1 Å². The Labute approximate surface area is 114 Å². The normalized spacial score (nSPS) is 14.9. The van der Waals surface area contributed by atoms with Crippen LogP contribution >= 0.6 is 11.8 Å². The Hall–Kier alpha value is -2.02. The maximum absolute atomic E-state index is 11.8. The van der Waals surface area contributed by atoms with Gasteiger partial charge in [0.05, 0.1) is 5.75 Å². The number of aryl methyl sites for hydroxylation is 1. The van der Waals surface area contributed by atoms with E-state index in [9.17, 15) is 14.4 Å². The molecular weight excluding hydrogens is 266 g/mol. The molecule has 0 spiro atoms. The molecule has 1 aromatic carbocycles. The third-order valence-electron chi connectivity index (χ3n) is 2.67. The maximum atomic E-state index is 11.8. The number of amides is 3. The number of carbonyl (C=O) groups excluding carboxylic acids is 3. The second kappa shape index (κ2) is 5.31. The SMILES string of the molecule is Cc1cc(N)ccc1NC(=O)CN1C(=O)CSC1=O. The quantitative estimate of drug-likeness (QED) is 0.811. The highest BCUT2D eigenvalue weighted by molar-refractivity contribution is 8.14. The fourth-order valence-electron chi connectivity index (χ4n) is 1.69. The lowest BCUT2D eigenvalue weighted by Gasteiger charge is -2.13. The lowest BCUT2D eigenvalue weighted by molar-refractivity contribution is -0.128. The van der Waals surface area contributed by atoms with E-state index in [1.807, 2.05) is 6.92 Å². The molecule has 1 heterocycles. The van der Waals surface area contributed by atoms with Gasteiger partial charge < -0.3 is 11.1 Å². The van der Waals surface area contributed by atoms with Crippen molar-refractivity contribution in [3.8, 4) is 0 Å². The first-order valence-corrected chi connectivity index (χ1v) is 6.59. The van der Waals surface area contributed by atoms with Gasteiger partial charge in [-0.3, -0.25) is 19.3 Å². The summed E-state index contributed by atoms with van der Waals surface area (Å²) in [4.78, 5) is 35.5. The van der Waals surface area contributed by atoms with Gasteiger partial charge in [-0.15, -0.1) is 0 Å². The molecular formula is C12H13N3O3S. The first-order chi connectivity index (χ1) is 8.97. The summed E-state index contributed by atoms with van der Waals surface area (Å²) < 4.78 is 0. The van der Waals surface area contributed by atoms with Crippen molar-refractivity contribution < 1.29 is 14.4 Å². The van der Waals surface area contributed by atoms with Gasteiger partial charge in [-0.25, -0.2) is 0 Å². The van der Waals surface area contributed by atoms with Crippen LogP contribution in [0.15, 0.2) is 18.2 Å². The Bertz CT molecular complexity index is 543. The number of rotatable bonds is 3. The number of hydrogen-bond donors (Lipinski definition) is 2. The van der Waals surface area contributed by atoms with Crippen molar-refractivity contribution in [2.24, 2.45) is 0 Å². The minimum absolute atomic E-state index is 0.104. The zero-order chi connectivity index (χ0) is 14.0. The highest BCUT2D eigenvalue weighted by Crippen LogP contribution is 2.20. The highest BCUT2D eigenvalue weighted by atomic mass is 32.2. The molecule has 3 amide bonds. The van der Waals surface area contributed by atoms with Crippen molar-refractivity contribution in [3.63, 3.8) is 0 Å². The van der Waals surface area contributed by atoms with E-state index in [1.165, 1.54) is 0 Å². The lowest BCUT2D eigenvalue weighted by atomic mass is 10.2. The van der Waals surface area contributed by atoms with E-state index in [4.69, 9.17) is 5.73 Å². The number of nitrogens with zero attached hydrogens (tertiary/aromatic N) is 1. The second-order valence-corrected chi connectivity index (χ2v) is 5.08. The zero-order valence-corrected chi connectivity index (χ0v) is 11.1. The van der Waals surface area contributed by atoms with Gasteiger partial charge in [0.25, 0.3) is 5.24 Å². The van der Waals surface area contributed by atoms with Crippen molar-refractivity contribution in [1.29, 1.82) is 0 Å². The average Bonchev–Trinajstić information content (AvgIpc) is 2.65. The van der Waals surface area contributed by atoms with Crippen LogP contribution in [0.25, 0.3) is 0 Å². The fraction of sp³-hybridized carbons (Fsp3) is 0.250. The molecule has 1 saturated heterocycles. The molecule has 6 nitrogen and oxygen atoms in total. The minimum atomic E-state index is -0.405. The molecule has 2 rings (SSSR count). The summed E-state index contributed by atoms with van der Waals surface area (Å²) in [6.45, 7) is 1.56. The first-order valence-electron chi connectivity index (χ1n) is 5.60. The first kappa shape index (κ1) is 13.4. The molecule has 1 aromatic rings. The molecule has 1 aliphatic rings. The molecule has 3 N–H and O–H groups in total. The van der Waals surface area contributed by atoms with Crippen LogP contribution in [0.1, 0.15) is 5.56 Å². The number of nitrogens with two attached hydrogens (primary N) is 1. The van der Waals surface area contributed by atoms with E-state index in [0.717, 1.165) is 22.2 Å². The summed E-state index contributed by atoms with van der Waals surface area (Å²) in [5, 5.41) is 2.28. The van der Waals surface area contributed by atoms with Gasteiger partial charge in [0, 0.05) is 11.4 Å². The summed E-state index contributed by atoms with van der Waals surface area (Å²) >= 11 is 0.908. The summed E-state index contributed by atoms with van der Waals surface area (Å²) in [6, 6.07) is 5.09. The largest absolute Gasteiger partial charge is 0.399 e. The predicted octanol–water partition coefficient (Wildman–Crippen LogP) is 1.21. The Balaban J connectivity index is 2.01. The minimum Gasteiger partial charge on any atom is -0.399 e. The number of nitrogen functional groups attached to an aromatic ring is 1. The van der Waals surface area contributed by atoms with Crippen LogP contribution in [0.3, 0.4) is 0 Å². The number of anilines is 2. The van der Waals surface area contributed by atoms with Gasteiger partial charge >= 0.3 is 0 Å². The molecule has 0 saturated carbocycles. The Morgan fingerprint density at radius 3 is 2.79 bits per heavy atom. The van der Waals surface area contributed by atoms with Gasteiger partial charge in [-0.1, -0.05) is 11.8 Å². The van der Waals surface area contributed by atoms with Crippen LogP contribution in [-0.2, 0) is 9.59 Å². The third-order valence-corrected chi connectivity index (χ3v) is 3.53. The number of thioether (sulfide) groups is 1. The molecule has 0 bridgehead atoms. The van der Waals surface area contributed by atoms with Crippen molar-refractivity contribution in [2.45, 2.75) is 6.92 Å².